The molecule has 3 rings (SSSR count). The Hall–Kier alpha value is -2.88. The van der Waals surface area contributed by atoms with Crippen molar-refractivity contribution in [3.63, 3.8) is 0 Å². The Kier molecular flexibility index (Phi) is 4.47. The molecular weight excluding hydrogens is 305 g/mol. The van der Waals surface area contributed by atoms with E-state index >= 15 is 0 Å². The van der Waals surface area contributed by atoms with Crippen LogP contribution in [0.3, 0.4) is 0 Å². The second kappa shape index (κ2) is 6.71. The van der Waals surface area contributed by atoms with Gasteiger partial charge in [0, 0.05) is 23.6 Å². The first-order chi connectivity index (χ1) is 11.6. The van der Waals surface area contributed by atoms with Crippen LogP contribution in [-0.2, 0) is 17.6 Å². The van der Waals surface area contributed by atoms with Crippen molar-refractivity contribution < 1.29 is 14.0 Å². The molecule has 1 heterocycles. The Morgan fingerprint density at radius 2 is 1.83 bits per heavy atom. The molecule has 3 aromatic rings. The van der Waals surface area contributed by atoms with Gasteiger partial charge in [-0.25, -0.2) is 4.39 Å². The first kappa shape index (κ1) is 16.0. The van der Waals surface area contributed by atoms with Crippen LogP contribution < -0.4 is 0 Å². The molecule has 0 radical (unpaired) electrons. The van der Waals surface area contributed by atoms with Crippen molar-refractivity contribution in [2.45, 2.75) is 19.8 Å². The lowest BCUT2D eigenvalue weighted by Gasteiger charge is -2.11. The third-order valence-corrected chi connectivity index (χ3v) is 4.16. The average Bonchev–Trinajstić information content (AvgIpc) is 2.59. The van der Waals surface area contributed by atoms with Crippen molar-refractivity contribution in [2.75, 3.05) is 0 Å². The van der Waals surface area contributed by atoms with Crippen LogP contribution in [0.25, 0.3) is 10.9 Å². The molecule has 0 fully saturated rings. The van der Waals surface area contributed by atoms with Gasteiger partial charge in [-0.05, 0) is 59.9 Å². The molecule has 3 nitrogen and oxygen atoms in total. The van der Waals surface area contributed by atoms with E-state index in [1.807, 2.05) is 13.0 Å². The fourth-order valence-corrected chi connectivity index (χ4v) is 2.88. The predicted octanol–water partition coefficient (Wildman–Crippen LogP) is 3.83. The number of benzene rings is 2. The van der Waals surface area contributed by atoms with E-state index in [1.165, 1.54) is 12.1 Å². The minimum atomic E-state index is -0.263. The molecule has 120 valence electrons. The van der Waals surface area contributed by atoms with Gasteiger partial charge in [-0.2, -0.15) is 0 Å². The summed E-state index contributed by atoms with van der Waals surface area (Å²) in [6, 6.07) is 10.1. The smallest absolute Gasteiger partial charge is 0.150 e. The van der Waals surface area contributed by atoms with Gasteiger partial charge in [0.15, 0.2) is 0 Å². The summed E-state index contributed by atoms with van der Waals surface area (Å²) in [7, 11) is 0. The first-order valence-corrected chi connectivity index (χ1v) is 7.66. The summed E-state index contributed by atoms with van der Waals surface area (Å²) in [5.74, 6) is -0.263. The molecule has 0 aliphatic rings. The third kappa shape index (κ3) is 3.08. The van der Waals surface area contributed by atoms with Crippen molar-refractivity contribution >= 4 is 23.5 Å². The fourth-order valence-electron chi connectivity index (χ4n) is 2.88. The lowest BCUT2D eigenvalue weighted by Crippen LogP contribution is -1.99. The monoisotopic (exact) mass is 321 g/mol. The number of carbonyl (C=O) groups excluding carboxylic acids is 2. The molecule has 0 spiro atoms. The van der Waals surface area contributed by atoms with Crippen molar-refractivity contribution in [3.05, 3.63) is 76.2 Å². The summed E-state index contributed by atoms with van der Waals surface area (Å²) in [6.07, 6.45) is 4.23. The highest BCUT2D eigenvalue weighted by Crippen LogP contribution is 2.25. The number of aldehydes is 2. The molecule has 0 aliphatic heterocycles. The van der Waals surface area contributed by atoms with Gasteiger partial charge in [0.05, 0.1) is 5.52 Å². The topological polar surface area (TPSA) is 47.0 Å². The predicted molar refractivity (Wildman–Crippen MR) is 90.8 cm³/mol. The van der Waals surface area contributed by atoms with E-state index in [2.05, 4.69) is 4.98 Å². The summed E-state index contributed by atoms with van der Waals surface area (Å²) in [4.78, 5) is 26.7. The van der Waals surface area contributed by atoms with E-state index < -0.39 is 0 Å². The molecule has 1 aromatic heterocycles. The van der Waals surface area contributed by atoms with Crippen LogP contribution in [0.1, 0.15) is 32.6 Å². The molecule has 4 heteroatoms. The Morgan fingerprint density at radius 1 is 1.08 bits per heavy atom. The summed E-state index contributed by atoms with van der Waals surface area (Å²) >= 11 is 0. The van der Waals surface area contributed by atoms with E-state index in [0.717, 1.165) is 45.7 Å². The number of hydrogen-bond donors (Lipinski definition) is 0. The lowest BCUT2D eigenvalue weighted by molar-refractivity contribution is -0.107. The molecule has 2 aromatic carbocycles. The van der Waals surface area contributed by atoms with Crippen LogP contribution in [-0.4, -0.2) is 17.6 Å². The van der Waals surface area contributed by atoms with Crippen molar-refractivity contribution in [2.24, 2.45) is 0 Å². The summed E-state index contributed by atoms with van der Waals surface area (Å²) < 4.78 is 13.0. The number of nitrogens with zero attached hydrogens (tertiary/aromatic N) is 1. The summed E-state index contributed by atoms with van der Waals surface area (Å²) in [6.45, 7) is 1.85. The highest BCUT2D eigenvalue weighted by Gasteiger charge is 2.11. The molecule has 0 unspecified atom stereocenters. The van der Waals surface area contributed by atoms with Crippen LogP contribution >= 0.6 is 0 Å². The number of aromatic nitrogens is 1. The zero-order valence-corrected chi connectivity index (χ0v) is 13.3. The molecule has 0 saturated heterocycles. The Labute approximate surface area is 139 Å². The van der Waals surface area contributed by atoms with E-state index in [4.69, 9.17) is 0 Å². The average molecular weight is 321 g/mol. The molecule has 0 bridgehead atoms. The number of rotatable bonds is 5. The molecule has 24 heavy (non-hydrogen) atoms. The minimum absolute atomic E-state index is 0.235. The number of pyridine rings is 1. The van der Waals surface area contributed by atoms with Crippen molar-refractivity contribution in [3.8, 4) is 0 Å². The van der Waals surface area contributed by atoms with Gasteiger partial charge < -0.3 is 4.79 Å². The first-order valence-electron chi connectivity index (χ1n) is 7.66. The number of fused-ring (bicyclic) bond motifs is 1. The maximum absolute atomic E-state index is 13.0. The maximum atomic E-state index is 13.0. The van der Waals surface area contributed by atoms with Gasteiger partial charge in [-0.3, -0.25) is 9.78 Å². The number of aryl methyl sites for hydroxylation is 1. The molecule has 0 atom stereocenters. The number of hydrogen-bond acceptors (Lipinski definition) is 3. The lowest BCUT2D eigenvalue weighted by atomic mass is 9.96. The molecule has 0 saturated carbocycles. The standard InChI is InChI=1S/C20H16FNO2/c1-13-17(12-24)10-16(6-7-23)19-9-15(11-22-20(13)19)8-14-2-4-18(21)5-3-14/h2-5,7,9-12H,6,8H2,1H3. The number of carbonyl (C=O) groups is 2. The van der Waals surface area contributed by atoms with E-state index in [1.54, 1.807) is 24.4 Å². The quantitative estimate of drug-likeness (QED) is 0.671. The van der Waals surface area contributed by atoms with Gasteiger partial charge in [0.2, 0.25) is 0 Å². The summed E-state index contributed by atoms with van der Waals surface area (Å²) in [5, 5.41) is 0.879. The van der Waals surface area contributed by atoms with Crippen LogP contribution in [0.5, 0.6) is 0 Å². The molecule has 0 aliphatic carbocycles. The zero-order valence-electron chi connectivity index (χ0n) is 13.3. The maximum Gasteiger partial charge on any atom is 0.150 e. The highest BCUT2D eigenvalue weighted by atomic mass is 19.1. The Balaban J connectivity index is 2.08. The zero-order chi connectivity index (χ0) is 17.1. The van der Waals surface area contributed by atoms with Crippen LogP contribution in [0.4, 0.5) is 4.39 Å². The van der Waals surface area contributed by atoms with E-state index in [9.17, 15) is 14.0 Å². The van der Waals surface area contributed by atoms with E-state index in [0.29, 0.717) is 12.0 Å². The SMILES string of the molecule is Cc1c(C=O)cc(CC=O)c2cc(Cc3ccc(F)cc3)cnc12. The van der Waals surface area contributed by atoms with Crippen LogP contribution in [0, 0.1) is 12.7 Å². The van der Waals surface area contributed by atoms with Crippen LogP contribution in [0.15, 0.2) is 42.6 Å². The van der Waals surface area contributed by atoms with Gasteiger partial charge in [0.1, 0.15) is 18.4 Å². The van der Waals surface area contributed by atoms with Gasteiger partial charge >= 0.3 is 0 Å². The highest BCUT2D eigenvalue weighted by molar-refractivity contribution is 5.94. The fraction of sp³-hybridized carbons (Fsp3) is 0.150. The van der Waals surface area contributed by atoms with Crippen molar-refractivity contribution in [1.29, 1.82) is 0 Å². The van der Waals surface area contributed by atoms with Gasteiger partial charge in [-0.15, -0.1) is 0 Å². The minimum Gasteiger partial charge on any atom is -0.303 e. The summed E-state index contributed by atoms with van der Waals surface area (Å²) in [5.41, 5.74) is 4.84. The van der Waals surface area contributed by atoms with E-state index in [-0.39, 0.29) is 12.2 Å². The normalized spacial score (nSPS) is 10.8. The number of halogens is 1. The van der Waals surface area contributed by atoms with Crippen molar-refractivity contribution in [1.82, 2.24) is 4.98 Å². The third-order valence-electron chi connectivity index (χ3n) is 4.16. The molecule has 0 N–H and O–H groups in total. The molecule has 0 amide bonds. The largest absolute Gasteiger partial charge is 0.303 e. The van der Waals surface area contributed by atoms with Crippen LogP contribution in [0.2, 0.25) is 0 Å². The second-order valence-corrected chi connectivity index (χ2v) is 5.78. The second-order valence-electron chi connectivity index (χ2n) is 5.78. The van der Waals surface area contributed by atoms with Gasteiger partial charge in [-0.1, -0.05) is 12.1 Å². The Bertz CT molecular complexity index is 917. The molecular formula is C20H16FNO2. The van der Waals surface area contributed by atoms with Gasteiger partial charge in [0.25, 0.3) is 0 Å². The Morgan fingerprint density at radius 3 is 2.50 bits per heavy atom.